The second-order valence-corrected chi connectivity index (χ2v) is 7.13. The van der Waals surface area contributed by atoms with Gasteiger partial charge in [0.2, 0.25) is 5.91 Å². The molecule has 0 spiro atoms. The number of amides is 1. The van der Waals surface area contributed by atoms with E-state index in [-0.39, 0.29) is 17.9 Å². The SMILES string of the molecule is Cc1ccc(Oc2ccccc2NC(=O)CCc2c(C)[nH]c(=O)c(C#N)c2C)cc1. The molecule has 0 aliphatic heterocycles. The molecule has 0 radical (unpaired) electrons. The van der Waals surface area contributed by atoms with E-state index in [9.17, 15) is 14.9 Å². The summed E-state index contributed by atoms with van der Waals surface area (Å²) >= 11 is 0. The van der Waals surface area contributed by atoms with E-state index < -0.39 is 5.56 Å². The van der Waals surface area contributed by atoms with E-state index in [2.05, 4.69) is 10.3 Å². The van der Waals surface area contributed by atoms with Gasteiger partial charge in [-0.1, -0.05) is 29.8 Å². The van der Waals surface area contributed by atoms with E-state index >= 15 is 0 Å². The molecule has 6 heteroatoms. The summed E-state index contributed by atoms with van der Waals surface area (Å²) in [5, 5.41) is 12.1. The van der Waals surface area contributed by atoms with E-state index in [0.29, 0.717) is 34.9 Å². The zero-order valence-corrected chi connectivity index (χ0v) is 17.2. The summed E-state index contributed by atoms with van der Waals surface area (Å²) in [5.74, 6) is 1.06. The molecule has 0 fully saturated rings. The van der Waals surface area contributed by atoms with Crippen molar-refractivity contribution in [2.45, 2.75) is 33.6 Å². The van der Waals surface area contributed by atoms with E-state index in [1.54, 1.807) is 26.0 Å². The summed E-state index contributed by atoms with van der Waals surface area (Å²) in [6.07, 6.45) is 0.618. The molecule has 1 aromatic heterocycles. The van der Waals surface area contributed by atoms with Crippen LogP contribution in [0.1, 0.15) is 34.4 Å². The van der Waals surface area contributed by atoms with Gasteiger partial charge in [-0.25, -0.2) is 0 Å². The number of benzene rings is 2. The highest BCUT2D eigenvalue weighted by Gasteiger charge is 2.14. The first-order chi connectivity index (χ1) is 14.4. The zero-order valence-electron chi connectivity index (χ0n) is 17.2. The van der Waals surface area contributed by atoms with Crippen LogP contribution in [-0.4, -0.2) is 10.9 Å². The molecule has 30 heavy (non-hydrogen) atoms. The fraction of sp³-hybridized carbons (Fsp3) is 0.208. The predicted molar refractivity (Wildman–Crippen MR) is 116 cm³/mol. The lowest BCUT2D eigenvalue weighted by atomic mass is 9.99. The van der Waals surface area contributed by atoms with E-state index in [1.807, 2.05) is 49.4 Å². The number of hydrogen-bond acceptors (Lipinski definition) is 4. The second-order valence-electron chi connectivity index (χ2n) is 7.13. The Kier molecular flexibility index (Phi) is 6.33. The van der Waals surface area contributed by atoms with Crippen molar-refractivity contribution < 1.29 is 9.53 Å². The summed E-state index contributed by atoms with van der Waals surface area (Å²) in [7, 11) is 0. The van der Waals surface area contributed by atoms with Crippen LogP contribution in [0.5, 0.6) is 11.5 Å². The molecule has 0 bridgehead atoms. The minimum Gasteiger partial charge on any atom is -0.455 e. The second kappa shape index (κ2) is 9.10. The molecule has 3 aromatic rings. The lowest BCUT2D eigenvalue weighted by molar-refractivity contribution is -0.116. The van der Waals surface area contributed by atoms with Crippen LogP contribution in [0.2, 0.25) is 0 Å². The van der Waals surface area contributed by atoms with Gasteiger partial charge in [0.15, 0.2) is 5.75 Å². The Morgan fingerprint density at radius 1 is 1.10 bits per heavy atom. The third-order valence-electron chi connectivity index (χ3n) is 4.93. The van der Waals surface area contributed by atoms with Crippen molar-refractivity contribution in [2.75, 3.05) is 5.32 Å². The molecular weight excluding hydrogens is 378 g/mol. The number of aryl methyl sites for hydroxylation is 2. The van der Waals surface area contributed by atoms with Gasteiger partial charge in [0, 0.05) is 12.1 Å². The van der Waals surface area contributed by atoms with Gasteiger partial charge < -0.3 is 15.0 Å². The largest absolute Gasteiger partial charge is 0.455 e. The maximum atomic E-state index is 12.6. The first kappa shape index (κ1) is 20.9. The Hall–Kier alpha value is -3.85. The topological polar surface area (TPSA) is 95.0 Å². The third-order valence-corrected chi connectivity index (χ3v) is 4.93. The maximum absolute atomic E-state index is 12.6. The molecule has 0 atom stereocenters. The Labute approximate surface area is 175 Å². The van der Waals surface area contributed by atoms with Gasteiger partial charge in [-0.3, -0.25) is 9.59 Å². The summed E-state index contributed by atoms with van der Waals surface area (Å²) < 4.78 is 5.92. The summed E-state index contributed by atoms with van der Waals surface area (Å²) in [6.45, 7) is 5.51. The van der Waals surface area contributed by atoms with Crippen LogP contribution in [0.4, 0.5) is 5.69 Å². The number of H-pyrrole nitrogens is 1. The van der Waals surface area contributed by atoms with Crippen LogP contribution in [0.15, 0.2) is 53.3 Å². The number of aromatic nitrogens is 1. The van der Waals surface area contributed by atoms with Gasteiger partial charge in [-0.15, -0.1) is 0 Å². The first-order valence-corrected chi connectivity index (χ1v) is 9.65. The quantitative estimate of drug-likeness (QED) is 0.634. The van der Waals surface area contributed by atoms with Crippen LogP contribution in [0.25, 0.3) is 0 Å². The van der Waals surface area contributed by atoms with Crippen molar-refractivity contribution in [1.82, 2.24) is 4.98 Å². The Bertz CT molecular complexity index is 1170. The van der Waals surface area contributed by atoms with E-state index in [1.165, 1.54) is 0 Å². The van der Waals surface area contributed by atoms with Crippen molar-refractivity contribution in [3.05, 3.63) is 86.8 Å². The Morgan fingerprint density at radius 2 is 1.80 bits per heavy atom. The summed E-state index contributed by atoms with van der Waals surface area (Å²) in [4.78, 5) is 27.1. The maximum Gasteiger partial charge on any atom is 0.266 e. The van der Waals surface area contributed by atoms with Gasteiger partial charge in [-0.05, 0) is 62.6 Å². The number of pyridine rings is 1. The number of anilines is 1. The highest BCUT2D eigenvalue weighted by Crippen LogP contribution is 2.29. The minimum absolute atomic E-state index is 0.0906. The number of carbonyl (C=O) groups is 1. The number of nitrogens with one attached hydrogen (secondary N) is 2. The van der Waals surface area contributed by atoms with E-state index in [4.69, 9.17) is 4.74 Å². The number of ether oxygens (including phenoxy) is 1. The fourth-order valence-electron chi connectivity index (χ4n) is 3.26. The number of nitriles is 1. The van der Waals surface area contributed by atoms with Crippen molar-refractivity contribution in [2.24, 2.45) is 0 Å². The highest BCUT2D eigenvalue weighted by molar-refractivity contribution is 5.92. The van der Waals surface area contributed by atoms with Crippen LogP contribution >= 0.6 is 0 Å². The van der Waals surface area contributed by atoms with Gasteiger partial charge in [0.05, 0.1) is 5.69 Å². The molecule has 0 aliphatic rings. The molecule has 2 N–H and O–H groups in total. The van der Waals surface area contributed by atoms with Gasteiger partial charge in [0.1, 0.15) is 17.4 Å². The molecule has 152 valence electrons. The molecule has 6 nitrogen and oxygen atoms in total. The minimum atomic E-state index is -0.400. The molecule has 0 unspecified atom stereocenters. The van der Waals surface area contributed by atoms with Crippen molar-refractivity contribution in [3.63, 3.8) is 0 Å². The first-order valence-electron chi connectivity index (χ1n) is 9.65. The number of aromatic amines is 1. The third kappa shape index (κ3) is 4.76. The van der Waals surface area contributed by atoms with Crippen molar-refractivity contribution >= 4 is 11.6 Å². The number of rotatable bonds is 6. The molecule has 0 saturated heterocycles. The number of para-hydroxylation sites is 2. The van der Waals surface area contributed by atoms with E-state index in [0.717, 1.165) is 11.1 Å². The molecule has 1 heterocycles. The normalized spacial score (nSPS) is 10.3. The number of nitrogens with zero attached hydrogens (tertiary/aromatic N) is 1. The van der Waals surface area contributed by atoms with Crippen molar-refractivity contribution in [3.8, 4) is 17.6 Å². The van der Waals surface area contributed by atoms with Crippen LogP contribution in [-0.2, 0) is 11.2 Å². The number of carbonyl (C=O) groups excluding carboxylic acids is 1. The lowest BCUT2D eigenvalue weighted by Gasteiger charge is -2.13. The van der Waals surface area contributed by atoms with Gasteiger partial charge in [0.25, 0.3) is 5.56 Å². The summed E-state index contributed by atoms with van der Waals surface area (Å²) in [5.41, 5.74) is 3.51. The molecule has 1 amide bonds. The predicted octanol–water partition coefficient (Wildman–Crippen LogP) is 4.54. The molecule has 0 saturated carbocycles. The Morgan fingerprint density at radius 3 is 2.50 bits per heavy atom. The summed E-state index contributed by atoms with van der Waals surface area (Å²) in [6, 6.07) is 16.9. The average Bonchev–Trinajstić information content (AvgIpc) is 2.71. The van der Waals surface area contributed by atoms with Crippen LogP contribution in [0, 0.1) is 32.1 Å². The number of hydrogen-bond donors (Lipinski definition) is 2. The molecular formula is C24H23N3O3. The monoisotopic (exact) mass is 401 g/mol. The van der Waals surface area contributed by atoms with Crippen LogP contribution < -0.4 is 15.6 Å². The smallest absolute Gasteiger partial charge is 0.266 e. The van der Waals surface area contributed by atoms with Crippen LogP contribution in [0.3, 0.4) is 0 Å². The average molecular weight is 401 g/mol. The highest BCUT2D eigenvalue weighted by atomic mass is 16.5. The molecule has 0 aliphatic carbocycles. The molecule has 3 rings (SSSR count). The zero-order chi connectivity index (χ0) is 21.7. The molecule has 2 aromatic carbocycles. The van der Waals surface area contributed by atoms with Gasteiger partial charge in [-0.2, -0.15) is 5.26 Å². The Balaban J connectivity index is 1.71. The van der Waals surface area contributed by atoms with Gasteiger partial charge >= 0.3 is 0 Å². The van der Waals surface area contributed by atoms with Crippen molar-refractivity contribution in [1.29, 1.82) is 5.26 Å². The lowest BCUT2D eigenvalue weighted by Crippen LogP contribution is -2.18. The standard InChI is InChI=1S/C24H23N3O3/c1-15-8-10-18(11-9-15)30-22-7-5-4-6-21(22)27-23(28)13-12-19-16(2)20(14-25)24(29)26-17(19)3/h4-11H,12-13H2,1-3H3,(H,26,29)(H,27,28). The fourth-order valence-corrected chi connectivity index (χ4v) is 3.26.